The lowest BCUT2D eigenvalue weighted by molar-refractivity contribution is 0.262. The third-order valence-corrected chi connectivity index (χ3v) is 2.33. The molecular formula is C13H13N3O3. The van der Waals surface area contributed by atoms with Gasteiger partial charge in [-0.1, -0.05) is 0 Å². The van der Waals surface area contributed by atoms with Gasteiger partial charge in [0.1, 0.15) is 5.75 Å². The van der Waals surface area contributed by atoms with Gasteiger partial charge >= 0.3 is 6.03 Å². The second-order valence-corrected chi connectivity index (χ2v) is 3.72. The van der Waals surface area contributed by atoms with Crippen LogP contribution in [0.2, 0.25) is 0 Å². The first kappa shape index (κ1) is 12.7. The van der Waals surface area contributed by atoms with Crippen molar-refractivity contribution in [1.82, 2.24) is 4.98 Å². The molecule has 6 nitrogen and oxygen atoms in total. The van der Waals surface area contributed by atoms with Crippen molar-refractivity contribution >= 4 is 17.4 Å². The standard InChI is InChI=1S/C13H13N3O3/c1-19-12-7-4-10(8-14-12)16-13(18)15-9-2-5-11(17)6-3-9/h2-8,17H,1H3,(H2,15,16,18). The van der Waals surface area contributed by atoms with Crippen molar-refractivity contribution in [2.24, 2.45) is 0 Å². The molecule has 1 heterocycles. The van der Waals surface area contributed by atoms with Gasteiger partial charge in [-0.2, -0.15) is 0 Å². The molecule has 0 radical (unpaired) electrons. The van der Waals surface area contributed by atoms with Crippen LogP contribution in [0, 0.1) is 0 Å². The lowest BCUT2D eigenvalue weighted by atomic mass is 10.3. The number of benzene rings is 1. The third kappa shape index (κ3) is 3.60. The van der Waals surface area contributed by atoms with E-state index in [1.807, 2.05) is 0 Å². The number of hydrogen-bond donors (Lipinski definition) is 3. The molecule has 0 bridgehead atoms. The zero-order valence-corrected chi connectivity index (χ0v) is 10.3. The number of urea groups is 1. The second-order valence-electron chi connectivity index (χ2n) is 3.72. The molecule has 0 saturated carbocycles. The average molecular weight is 259 g/mol. The van der Waals surface area contributed by atoms with Gasteiger partial charge in [-0.05, 0) is 30.3 Å². The Morgan fingerprint density at radius 1 is 1.11 bits per heavy atom. The SMILES string of the molecule is COc1ccc(NC(=O)Nc2ccc(O)cc2)cn1. The van der Waals surface area contributed by atoms with Gasteiger partial charge in [-0.15, -0.1) is 0 Å². The zero-order valence-electron chi connectivity index (χ0n) is 10.3. The van der Waals surface area contributed by atoms with E-state index in [2.05, 4.69) is 15.6 Å². The molecule has 0 aliphatic heterocycles. The van der Waals surface area contributed by atoms with Crippen LogP contribution in [0.3, 0.4) is 0 Å². The van der Waals surface area contributed by atoms with Crippen molar-refractivity contribution in [2.45, 2.75) is 0 Å². The van der Waals surface area contributed by atoms with Gasteiger partial charge in [-0.25, -0.2) is 9.78 Å². The van der Waals surface area contributed by atoms with Gasteiger partial charge in [0, 0.05) is 11.8 Å². The van der Waals surface area contributed by atoms with Crippen LogP contribution >= 0.6 is 0 Å². The Balaban J connectivity index is 1.95. The van der Waals surface area contributed by atoms with E-state index < -0.39 is 6.03 Å². The molecule has 0 atom stereocenters. The van der Waals surface area contributed by atoms with Crippen LogP contribution in [0.5, 0.6) is 11.6 Å². The predicted molar refractivity (Wildman–Crippen MR) is 71.5 cm³/mol. The number of nitrogens with zero attached hydrogens (tertiary/aromatic N) is 1. The van der Waals surface area contributed by atoms with Crippen molar-refractivity contribution in [1.29, 1.82) is 0 Å². The summed E-state index contributed by atoms with van der Waals surface area (Å²) in [4.78, 5) is 15.6. The Kier molecular flexibility index (Phi) is 3.82. The molecule has 2 rings (SSSR count). The van der Waals surface area contributed by atoms with Crippen molar-refractivity contribution in [3.8, 4) is 11.6 Å². The molecule has 98 valence electrons. The third-order valence-electron chi connectivity index (χ3n) is 2.33. The summed E-state index contributed by atoms with van der Waals surface area (Å²) in [6.45, 7) is 0. The molecular weight excluding hydrogens is 246 g/mol. The summed E-state index contributed by atoms with van der Waals surface area (Å²) in [5, 5.41) is 14.4. The lowest BCUT2D eigenvalue weighted by Crippen LogP contribution is -2.19. The van der Waals surface area contributed by atoms with Crippen molar-refractivity contribution in [2.75, 3.05) is 17.7 Å². The van der Waals surface area contributed by atoms with Gasteiger partial charge in [0.05, 0.1) is 19.0 Å². The van der Waals surface area contributed by atoms with Gasteiger partial charge in [0.2, 0.25) is 5.88 Å². The molecule has 3 N–H and O–H groups in total. The number of ether oxygens (including phenoxy) is 1. The average Bonchev–Trinajstić information content (AvgIpc) is 2.42. The number of phenols is 1. The number of amides is 2. The Bertz CT molecular complexity index is 552. The predicted octanol–water partition coefficient (Wildman–Crippen LogP) is 2.44. The van der Waals surface area contributed by atoms with Crippen LogP contribution in [0.1, 0.15) is 0 Å². The first-order chi connectivity index (χ1) is 9.17. The summed E-state index contributed by atoms with van der Waals surface area (Å²) in [5.74, 6) is 0.620. The van der Waals surface area contributed by atoms with E-state index >= 15 is 0 Å². The number of aromatic hydroxyl groups is 1. The minimum atomic E-state index is -0.391. The maximum Gasteiger partial charge on any atom is 0.323 e. The number of carbonyl (C=O) groups excluding carboxylic acids is 1. The molecule has 0 aliphatic rings. The van der Waals surface area contributed by atoms with Gasteiger partial charge in [0.15, 0.2) is 0 Å². The first-order valence-electron chi connectivity index (χ1n) is 5.54. The molecule has 0 aliphatic carbocycles. The fraction of sp³-hybridized carbons (Fsp3) is 0.0769. The maximum atomic E-state index is 11.7. The van der Waals surface area contributed by atoms with E-state index in [9.17, 15) is 4.79 Å². The van der Waals surface area contributed by atoms with Gasteiger partial charge in [0.25, 0.3) is 0 Å². The quantitative estimate of drug-likeness (QED) is 0.739. The topological polar surface area (TPSA) is 83.5 Å². The van der Waals surface area contributed by atoms with Crippen LogP contribution in [0.15, 0.2) is 42.6 Å². The molecule has 0 saturated heterocycles. The van der Waals surface area contributed by atoms with Gasteiger partial charge < -0.3 is 20.5 Å². The highest BCUT2D eigenvalue weighted by molar-refractivity contribution is 5.99. The highest BCUT2D eigenvalue weighted by atomic mass is 16.5. The lowest BCUT2D eigenvalue weighted by Gasteiger charge is -2.07. The molecule has 1 aromatic heterocycles. The van der Waals surface area contributed by atoms with Crippen LogP contribution in [0.25, 0.3) is 0 Å². The summed E-state index contributed by atoms with van der Waals surface area (Å²) in [6.07, 6.45) is 1.50. The molecule has 2 amide bonds. The largest absolute Gasteiger partial charge is 0.508 e. The molecule has 0 fully saturated rings. The summed E-state index contributed by atoms with van der Waals surface area (Å²) < 4.78 is 4.92. The minimum Gasteiger partial charge on any atom is -0.508 e. The molecule has 1 aromatic carbocycles. The number of aromatic nitrogens is 1. The van der Waals surface area contributed by atoms with Gasteiger partial charge in [-0.3, -0.25) is 0 Å². The monoisotopic (exact) mass is 259 g/mol. The van der Waals surface area contributed by atoms with Crippen molar-refractivity contribution < 1.29 is 14.6 Å². The summed E-state index contributed by atoms with van der Waals surface area (Å²) >= 11 is 0. The van der Waals surface area contributed by atoms with E-state index in [-0.39, 0.29) is 5.75 Å². The highest BCUT2D eigenvalue weighted by Crippen LogP contribution is 2.15. The molecule has 0 spiro atoms. The smallest absolute Gasteiger partial charge is 0.323 e. The van der Waals surface area contributed by atoms with Crippen LogP contribution in [-0.2, 0) is 0 Å². The van der Waals surface area contributed by atoms with Crippen LogP contribution < -0.4 is 15.4 Å². The van der Waals surface area contributed by atoms with Crippen LogP contribution in [0.4, 0.5) is 16.2 Å². The van der Waals surface area contributed by atoms with E-state index in [0.29, 0.717) is 17.3 Å². The number of hydrogen-bond acceptors (Lipinski definition) is 4. The summed E-state index contributed by atoms with van der Waals surface area (Å²) in [6, 6.07) is 9.12. The highest BCUT2D eigenvalue weighted by Gasteiger charge is 2.03. The fourth-order valence-electron chi connectivity index (χ4n) is 1.41. The number of nitrogens with one attached hydrogen (secondary N) is 2. The van der Waals surface area contributed by atoms with E-state index in [1.165, 1.54) is 25.4 Å². The maximum absolute atomic E-state index is 11.7. The normalized spacial score (nSPS) is 9.74. The number of phenolic OH excluding ortho intramolecular Hbond substituents is 1. The first-order valence-corrected chi connectivity index (χ1v) is 5.54. The Hall–Kier alpha value is -2.76. The number of rotatable bonds is 3. The molecule has 2 aromatic rings. The Labute approximate surface area is 110 Å². The van der Waals surface area contributed by atoms with Crippen molar-refractivity contribution in [3.63, 3.8) is 0 Å². The molecule has 19 heavy (non-hydrogen) atoms. The Morgan fingerprint density at radius 2 is 1.74 bits per heavy atom. The van der Waals surface area contributed by atoms with E-state index in [4.69, 9.17) is 9.84 Å². The second kappa shape index (κ2) is 5.72. The minimum absolute atomic E-state index is 0.144. The number of anilines is 2. The van der Waals surface area contributed by atoms with Crippen molar-refractivity contribution in [3.05, 3.63) is 42.6 Å². The van der Waals surface area contributed by atoms with E-state index in [1.54, 1.807) is 24.3 Å². The Morgan fingerprint density at radius 3 is 2.32 bits per heavy atom. The summed E-state index contributed by atoms with van der Waals surface area (Å²) in [5.41, 5.74) is 1.13. The molecule has 0 unspecified atom stereocenters. The fourth-order valence-corrected chi connectivity index (χ4v) is 1.41. The number of methoxy groups -OCH3 is 1. The number of carbonyl (C=O) groups is 1. The summed E-state index contributed by atoms with van der Waals surface area (Å²) in [7, 11) is 1.52. The van der Waals surface area contributed by atoms with Crippen LogP contribution in [-0.4, -0.2) is 23.2 Å². The number of pyridine rings is 1. The zero-order chi connectivity index (χ0) is 13.7. The van der Waals surface area contributed by atoms with E-state index in [0.717, 1.165) is 0 Å². The molecule has 6 heteroatoms.